The van der Waals surface area contributed by atoms with Gasteiger partial charge in [-0.05, 0) is 60.4 Å². The van der Waals surface area contributed by atoms with Gasteiger partial charge in [-0.15, -0.1) is 0 Å². The number of aryl methyl sites for hydroxylation is 1. The molecule has 1 fully saturated rings. The van der Waals surface area contributed by atoms with E-state index in [0.29, 0.717) is 25.0 Å². The van der Waals surface area contributed by atoms with Gasteiger partial charge < -0.3 is 14.7 Å². The van der Waals surface area contributed by atoms with E-state index in [4.69, 9.17) is 4.74 Å². The van der Waals surface area contributed by atoms with Gasteiger partial charge in [0.15, 0.2) is 5.78 Å². The summed E-state index contributed by atoms with van der Waals surface area (Å²) < 4.78 is 5.51. The van der Waals surface area contributed by atoms with E-state index >= 15 is 0 Å². The van der Waals surface area contributed by atoms with Crippen LogP contribution in [0.15, 0.2) is 48.5 Å². The number of hydrogen-bond donors (Lipinski definition) is 1. The predicted molar refractivity (Wildman–Crippen MR) is 128 cm³/mol. The van der Waals surface area contributed by atoms with Crippen LogP contribution in [-0.4, -0.2) is 41.4 Å². The summed E-state index contributed by atoms with van der Waals surface area (Å²) in [4.78, 5) is 27.6. The van der Waals surface area contributed by atoms with Crippen molar-refractivity contribution >= 4 is 11.8 Å². The third-order valence-electron chi connectivity index (χ3n) is 6.85. The van der Waals surface area contributed by atoms with Crippen LogP contribution < -0.4 is 4.74 Å². The molecule has 2 aliphatic rings. The number of aliphatic hydroxyl groups is 1. The third-order valence-corrected chi connectivity index (χ3v) is 6.85. The molecule has 0 amide bonds. The number of ketones is 1. The number of nitrogens with zero attached hydrogens (tertiary/aromatic N) is 1. The molecule has 33 heavy (non-hydrogen) atoms. The molecular weight excluding hydrogens is 414 g/mol. The highest BCUT2D eigenvalue weighted by Gasteiger charge is 2.36. The van der Waals surface area contributed by atoms with Crippen LogP contribution in [0, 0.1) is 11.3 Å². The van der Waals surface area contributed by atoms with Crippen LogP contribution >= 0.6 is 0 Å². The second-order valence-corrected chi connectivity index (χ2v) is 10.8. The number of rotatable bonds is 5. The van der Waals surface area contributed by atoms with Gasteiger partial charge in [-0.3, -0.25) is 9.59 Å². The number of piperidine rings is 1. The minimum absolute atomic E-state index is 0.0327. The van der Waals surface area contributed by atoms with Crippen LogP contribution in [0.1, 0.15) is 67.9 Å². The first-order valence-corrected chi connectivity index (χ1v) is 12.0. The lowest BCUT2D eigenvalue weighted by Crippen LogP contribution is -2.45. The Hall–Kier alpha value is -2.50. The van der Waals surface area contributed by atoms with Crippen molar-refractivity contribution < 1.29 is 19.4 Å². The number of ether oxygens (including phenoxy) is 1. The SMILES string of the molecule is CC(C)(C)CC(=O)Oc1ccc2c(c1)CCC(CN1CCC(O)(c3ccccc3)CC1)C2=O. The van der Waals surface area contributed by atoms with Gasteiger partial charge in [-0.25, -0.2) is 0 Å². The number of Topliss-reactive ketones (excluding diaryl/α,β-unsaturated/α-hetero) is 1. The zero-order valence-corrected chi connectivity index (χ0v) is 20.0. The quantitative estimate of drug-likeness (QED) is 0.527. The minimum Gasteiger partial charge on any atom is -0.427 e. The highest BCUT2D eigenvalue weighted by Crippen LogP contribution is 2.34. The van der Waals surface area contributed by atoms with Crippen molar-refractivity contribution in [2.75, 3.05) is 19.6 Å². The van der Waals surface area contributed by atoms with E-state index < -0.39 is 5.60 Å². The second-order valence-electron chi connectivity index (χ2n) is 10.8. The van der Waals surface area contributed by atoms with Crippen LogP contribution in [0.2, 0.25) is 0 Å². The van der Waals surface area contributed by atoms with Crippen LogP contribution in [-0.2, 0) is 16.8 Å². The zero-order chi connectivity index (χ0) is 23.6. The topological polar surface area (TPSA) is 66.8 Å². The minimum atomic E-state index is -0.776. The molecule has 1 saturated heterocycles. The van der Waals surface area contributed by atoms with E-state index in [2.05, 4.69) is 4.90 Å². The normalized spacial score (nSPS) is 20.8. The molecule has 176 valence electrons. The van der Waals surface area contributed by atoms with Crippen molar-refractivity contribution in [3.05, 3.63) is 65.2 Å². The van der Waals surface area contributed by atoms with Crippen molar-refractivity contribution in [2.24, 2.45) is 11.3 Å². The van der Waals surface area contributed by atoms with Crippen molar-refractivity contribution in [3.63, 3.8) is 0 Å². The number of esters is 1. The predicted octanol–water partition coefficient (Wildman–Crippen LogP) is 4.76. The monoisotopic (exact) mass is 449 g/mol. The fraction of sp³-hybridized carbons (Fsp3) is 0.500. The van der Waals surface area contributed by atoms with Crippen molar-refractivity contribution in [3.8, 4) is 5.75 Å². The lowest BCUT2D eigenvalue weighted by atomic mass is 9.81. The van der Waals surface area contributed by atoms with Crippen LogP contribution in [0.25, 0.3) is 0 Å². The van der Waals surface area contributed by atoms with Crippen molar-refractivity contribution in [2.45, 2.75) is 58.5 Å². The Morgan fingerprint density at radius 2 is 1.82 bits per heavy atom. The molecule has 5 heteroatoms. The van der Waals surface area contributed by atoms with E-state index in [1.165, 1.54) is 0 Å². The van der Waals surface area contributed by atoms with Gasteiger partial charge in [-0.2, -0.15) is 0 Å². The Kier molecular flexibility index (Phi) is 6.73. The van der Waals surface area contributed by atoms with Gasteiger partial charge in [-0.1, -0.05) is 51.1 Å². The number of carbonyl (C=O) groups excluding carboxylic acids is 2. The van der Waals surface area contributed by atoms with Gasteiger partial charge in [0.1, 0.15) is 5.75 Å². The molecule has 4 rings (SSSR count). The molecule has 1 heterocycles. The summed E-state index contributed by atoms with van der Waals surface area (Å²) in [6.45, 7) is 8.31. The largest absolute Gasteiger partial charge is 0.427 e. The summed E-state index contributed by atoms with van der Waals surface area (Å²) >= 11 is 0. The van der Waals surface area contributed by atoms with Gasteiger partial charge in [0.05, 0.1) is 12.0 Å². The molecule has 0 saturated carbocycles. The molecule has 0 radical (unpaired) electrons. The van der Waals surface area contributed by atoms with E-state index in [9.17, 15) is 14.7 Å². The molecule has 5 nitrogen and oxygen atoms in total. The number of fused-ring (bicyclic) bond motifs is 1. The lowest BCUT2D eigenvalue weighted by molar-refractivity contribution is -0.136. The summed E-state index contributed by atoms with van der Waals surface area (Å²) in [5, 5.41) is 11.1. The third kappa shape index (κ3) is 5.71. The summed E-state index contributed by atoms with van der Waals surface area (Å²) in [6.07, 6.45) is 3.30. The number of hydrogen-bond acceptors (Lipinski definition) is 5. The second kappa shape index (κ2) is 9.40. The van der Waals surface area contributed by atoms with Gasteiger partial charge in [0.2, 0.25) is 0 Å². The lowest BCUT2D eigenvalue weighted by Gasteiger charge is -2.40. The molecule has 1 aliphatic carbocycles. The van der Waals surface area contributed by atoms with Gasteiger partial charge in [0.25, 0.3) is 0 Å². The maximum absolute atomic E-state index is 13.2. The molecule has 1 atom stereocenters. The van der Waals surface area contributed by atoms with Crippen LogP contribution in [0.4, 0.5) is 0 Å². The van der Waals surface area contributed by atoms with E-state index in [1.54, 1.807) is 6.07 Å². The first-order valence-electron chi connectivity index (χ1n) is 12.0. The fourth-order valence-electron chi connectivity index (χ4n) is 4.99. The average Bonchev–Trinajstić information content (AvgIpc) is 2.76. The number of benzene rings is 2. The summed E-state index contributed by atoms with van der Waals surface area (Å²) in [6, 6.07) is 15.3. The maximum atomic E-state index is 13.2. The molecular formula is C28H35NO4. The Morgan fingerprint density at radius 1 is 1.12 bits per heavy atom. The molecule has 0 bridgehead atoms. The van der Waals surface area contributed by atoms with Crippen molar-refractivity contribution in [1.82, 2.24) is 4.90 Å². The standard InChI is InChI=1S/C28H35NO4/c1-27(2,3)18-25(30)33-23-11-12-24-20(17-23)9-10-21(26(24)31)19-29-15-13-28(32,14-16-29)22-7-5-4-6-8-22/h4-8,11-12,17,21,32H,9-10,13-16,18-19H2,1-3H3. The number of likely N-dealkylation sites (tertiary alicyclic amines) is 1. The maximum Gasteiger partial charge on any atom is 0.311 e. The highest BCUT2D eigenvalue weighted by atomic mass is 16.5. The summed E-state index contributed by atoms with van der Waals surface area (Å²) in [7, 11) is 0. The fourth-order valence-corrected chi connectivity index (χ4v) is 4.99. The average molecular weight is 450 g/mol. The molecule has 0 aromatic heterocycles. The summed E-state index contributed by atoms with van der Waals surface area (Å²) in [5.74, 6) is 0.413. The van der Waals surface area contributed by atoms with Crippen LogP contribution in [0.3, 0.4) is 0 Å². The molecule has 2 aromatic rings. The molecule has 2 aromatic carbocycles. The molecule has 1 unspecified atom stereocenters. The first kappa shape index (κ1) is 23.7. The molecule has 1 N–H and O–H groups in total. The van der Waals surface area contributed by atoms with Crippen LogP contribution in [0.5, 0.6) is 5.75 Å². The summed E-state index contributed by atoms with van der Waals surface area (Å²) in [5.41, 5.74) is 1.79. The van der Waals surface area contributed by atoms with E-state index in [-0.39, 0.29) is 23.1 Å². The highest BCUT2D eigenvalue weighted by molar-refractivity contribution is 6.00. The van der Waals surface area contributed by atoms with Gasteiger partial charge in [0, 0.05) is 31.1 Å². The van der Waals surface area contributed by atoms with Crippen molar-refractivity contribution in [1.29, 1.82) is 0 Å². The molecule has 0 spiro atoms. The van der Waals surface area contributed by atoms with E-state index in [1.807, 2.05) is 63.2 Å². The smallest absolute Gasteiger partial charge is 0.311 e. The zero-order valence-electron chi connectivity index (χ0n) is 20.0. The Balaban J connectivity index is 1.34. The first-order chi connectivity index (χ1) is 15.6. The Bertz CT molecular complexity index is 1000. The Labute approximate surface area is 196 Å². The Morgan fingerprint density at radius 3 is 2.48 bits per heavy atom. The molecule has 1 aliphatic heterocycles. The van der Waals surface area contributed by atoms with E-state index in [0.717, 1.165) is 49.2 Å². The van der Waals surface area contributed by atoms with Gasteiger partial charge >= 0.3 is 5.97 Å². The number of carbonyl (C=O) groups is 2.